The van der Waals surface area contributed by atoms with Gasteiger partial charge in [-0.05, 0) is 19.1 Å². The number of aromatic nitrogens is 2. The predicted octanol–water partition coefficient (Wildman–Crippen LogP) is 2.58. The summed E-state index contributed by atoms with van der Waals surface area (Å²) in [5.74, 6) is -1.37. The van der Waals surface area contributed by atoms with Crippen LogP contribution in [0.1, 0.15) is 18.9 Å². The number of oxime groups is 1. The van der Waals surface area contributed by atoms with Crippen molar-refractivity contribution in [1.29, 1.82) is 0 Å². The molecule has 0 amide bonds. The molecule has 8 heteroatoms. The van der Waals surface area contributed by atoms with Gasteiger partial charge >= 0.3 is 0 Å². The minimum absolute atomic E-state index is 0.166. The Balaban J connectivity index is 1.79. The number of nitrogens with one attached hydrogen (secondary N) is 1. The molecule has 120 valence electrons. The molecule has 3 rings (SSSR count). The molecule has 1 N–H and O–H groups in total. The molecule has 2 aromatic rings. The van der Waals surface area contributed by atoms with E-state index in [1.54, 1.807) is 6.92 Å². The highest BCUT2D eigenvalue weighted by molar-refractivity contribution is 7.80. The lowest BCUT2D eigenvalue weighted by molar-refractivity contribution is 0.0887. The van der Waals surface area contributed by atoms with Crippen LogP contribution in [0.15, 0.2) is 36.0 Å². The Hall–Kier alpha value is -2.35. The van der Waals surface area contributed by atoms with Crippen LogP contribution in [-0.2, 0) is 4.84 Å². The van der Waals surface area contributed by atoms with E-state index in [-0.39, 0.29) is 11.8 Å². The van der Waals surface area contributed by atoms with Crippen LogP contribution in [0.25, 0.3) is 5.69 Å². The molecule has 0 saturated heterocycles. The number of imidazole rings is 1. The summed E-state index contributed by atoms with van der Waals surface area (Å²) in [6.45, 7) is 2.27. The Morgan fingerprint density at radius 2 is 2.17 bits per heavy atom. The third kappa shape index (κ3) is 3.37. The van der Waals surface area contributed by atoms with E-state index in [0.29, 0.717) is 29.2 Å². The first-order valence-electron chi connectivity index (χ1n) is 6.99. The van der Waals surface area contributed by atoms with E-state index >= 15 is 0 Å². The highest BCUT2D eigenvalue weighted by Gasteiger charge is 2.24. The van der Waals surface area contributed by atoms with Gasteiger partial charge in [0.2, 0.25) is 0 Å². The van der Waals surface area contributed by atoms with Gasteiger partial charge in [-0.15, -0.1) is 0 Å². The maximum atomic E-state index is 14.3. The van der Waals surface area contributed by atoms with Gasteiger partial charge in [-0.25, -0.2) is 13.8 Å². The first-order chi connectivity index (χ1) is 11.0. The third-order valence-corrected chi connectivity index (χ3v) is 3.57. The number of benzene rings is 1. The number of thiocarbonyl (C=S) groups is 1. The largest absolute Gasteiger partial charge is 0.390 e. The summed E-state index contributed by atoms with van der Waals surface area (Å²) in [4.78, 5) is 9.71. The van der Waals surface area contributed by atoms with E-state index in [1.165, 1.54) is 35.4 Å². The number of hydrogen-bond acceptors (Lipinski definition) is 4. The lowest BCUT2D eigenvalue weighted by Crippen LogP contribution is -2.29. The topological polar surface area (TPSA) is 51.4 Å². The summed E-state index contributed by atoms with van der Waals surface area (Å²) in [6.07, 6.45) is 4.53. The molecule has 0 bridgehead atoms. The summed E-state index contributed by atoms with van der Waals surface area (Å²) in [5.41, 5.74) is 0.708. The monoisotopic (exact) mass is 336 g/mol. The lowest BCUT2D eigenvalue weighted by Gasteiger charge is -2.10. The Labute approximate surface area is 137 Å². The molecule has 2 heterocycles. The van der Waals surface area contributed by atoms with Crippen LogP contribution < -0.4 is 5.32 Å². The van der Waals surface area contributed by atoms with Gasteiger partial charge in [-0.1, -0.05) is 17.4 Å². The van der Waals surface area contributed by atoms with Gasteiger partial charge in [0.15, 0.2) is 11.6 Å². The normalized spacial score (nSPS) is 16.8. The standard InChI is InChI=1S/C15H14F2N4OS/c1-9(23)19-7-11-6-14(20-22-11)10-4-12(16)15(13(17)5-10)21-3-2-18-8-21/h2-5,8,11H,6-7H2,1H3,(H,19,23)/t11-/m1/s1. The Morgan fingerprint density at radius 3 is 2.78 bits per heavy atom. The molecular weight excluding hydrogens is 322 g/mol. The van der Waals surface area contributed by atoms with Crippen molar-refractivity contribution in [3.63, 3.8) is 0 Å². The van der Waals surface area contributed by atoms with Gasteiger partial charge in [-0.3, -0.25) is 0 Å². The van der Waals surface area contributed by atoms with Crippen molar-refractivity contribution >= 4 is 22.9 Å². The number of hydrogen-bond donors (Lipinski definition) is 1. The van der Waals surface area contributed by atoms with Gasteiger partial charge in [0, 0.05) is 24.4 Å². The summed E-state index contributed by atoms with van der Waals surface area (Å²) in [7, 11) is 0. The minimum Gasteiger partial charge on any atom is -0.390 e. The van der Waals surface area contributed by atoms with Gasteiger partial charge < -0.3 is 14.7 Å². The van der Waals surface area contributed by atoms with E-state index < -0.39 is 11.6 Å². The maximum absolute atomic E-state index is 14.3. The van der Waals surface area contributed by atoms with Crippen LogP contribution >= 0.6 is 12.2 Å². The van der Waals surface area contributed by atoms with Crippen molar-refractivity contribution in [1.82, 2.24) is 14.9 Å². The zero-order chi connectivity index (χ0) is 16.4. The fourth-order valence-electron chi connectivity index (χ4n) is 2.34. The van der Waals surface area contributed by atoms with Gasteiger partial charge in [0.1, 0.15) is 11.8 Å². The molecule has 1 aliphatic heterocycles. The zero-order valence-corrected chi connectivity index (χ0v) is 13.1. The number of rotatable bonds is 4. The molecule has 5 nitrogen and oxygen atoms in total. The Morgan fingerprint density at radius 1 is 1.43 bits per heavy atom. The Kier molecular flexibility index (Phi) is 4.33. The molecule has 1 aromatic carbocycles. The van der Waals surface area contributed by atoms with E-state index in [1.807, 2.05) is 0 Å². The minimum atomic E-state index is -0.683. The lowest BCUT2D eigenvalue weighted by atomic mass is 10.0. The van der Waals surface area contributed by atoms with Crippen molar-refractivity contribution in [3.05, 3.63) is 48.1 Å². The van der Waals surface area contributed by atoms with E-state index in [0.717, 1.165) is 0 Å². The van der Waals surface area contributed by atoms with Crippen LogP contribution in [0.2, 0.25) is 0 Å². The number of nitrogens with zero attached hydrogens (tertiary/aromatic N) is 3. The van der Waals surface area contributed by atoms with Crippen molar-refractivity contribution in [2.75, 3.05) is 6.54 Å². The van der Waals surface area contributed by atoms with Crippen molar-refractivity contribution in [2.24, 2.45) is 5.16 Å². The molecule has 0 fully saturated rings. The molecule has 1 aromatic heterocycles. The first kappa shape index (κ1) is 15.5. The molecular formula is C15H14F2N4OS. The third-order valence-electron chi connectivity index (χ3n) is 3.42. The van der Waals surface area contributed by atoms with E-state index in [9.17, 15) is 8.78 Å². The van der Waals surface area contributed by atoms with Crippen LogP contribution in [0, 0.1) is 11.6 Å². The highest BCUT2D eigenvalue weighted by atomic mass is 32.1. The van der Waals surface area contributed by atoms with Gasteiger partial charge in [0.25, 0.3) is 0 Å². The predicted molar refractivity (Wildman–Crippen MR) is 85.8 cm³/mol. The summed E-state index contributed by atoms with van der Waals surface area (Å²) in [5, 5.41) is 6.91. The fraction of sp³-hybridized carbons (Fsp3) is 0.267. The SMILES string of the molecule is CC(=S)NC[C@H]1CC(c2cc(F)c(-n3ccnc3)c(F)c2)=NO1. The summed E-state index contributed by atoms with van der Waals surface area (Å²) < 4.78 is 29.8. The smallest absolute Gasteiger partial charge is 0.150 e. The molecule has 23 heavy (non-hydrogen) atoms. The molecule has 0 saturated carbocycles. The number of halogens is 2. The van der Waals surface area contributed by atoms with Crippen molar-refractivity contribution < 1.29 is 13.6 Å². The quantitative estimate of drug-likeness (QED) is 0.872. The second kappa shape index (κ2) is 6.41. The molecule has 0 spiro atoms. The highest BCUT2D eigenvalue weighted by Crippen LogP contribution is 2.23. The second-order valence-corrected chi connectivity index (χ2v) is 5.78. The van der Waals surface area contributed by atoms with E-state index in [4.69, 9.17) is 17.1 Å². The average Bonchev–Trinajstić information content (AvgIpc) is 3.16. The van der Waals surface area contributed by atoms with Gasteiger partial charge in [0.05, 0.1) is 23.6 Å². The Bertz CT molecular complexity index is 738. The van der Waals surface area contributed by atoms with E-state index in [2.05, 4.69) is 15.5 Å². The zero-order valence-electron chi connectivity index (χ0n) is 12.3. The van der Waals surface area contributed by atoms with Crippen LogP contribution in [0.5, 0.6) is 0 Å². The fourth-order valence-corrected chi connectivity index (χ4v) is 2.42. The molecule has 1 aliphatic rings. The maximum Gasteiger partial charge on any atom is 0.150 e. The average molecular weight is 336 g/mol. The molecule has 1 atom stereocenters. The molecule has 0 unspecified atom stereocenters. The van der Waals surface area contributed by atoms with Crippen molar-refractivity contribution in [3.8, 4) is 5.69 Å². The summed E-state index contributed by atoms with van der Waals surface area (Å²) in [6, 6.07) is 2.50. The van der Waals surface area contributed by atoms with Gasteiger partial charge in [-0.2, -0.15) is 0 Å². The first-order valence-corrected chi connectivity index (χ1v) is 7.40. The molecule has 0 aliphatic carbocycles. The summed E-state index contributed by atoms with van der Waals surface area (Å²) >= 11 is 4.93. The van der Waals surface area contributed by atoms with Crippen LogP contribution in [-0.4, -0.2) is 32.9 Å². The van der Waals surface area contributed by atoms with Crippen LogP contribution in [0.3, 0.4) is 0 Å². The van der Waals surface area contributed by atoms with Crippen molar-refractivity contribution in [2.45, 2.75) is 19.4 Å². The second-order valence-electron chi connectivity index (χ2n) is 5.17. The molecule has 0 radical (unpaired) electrons. The van der Waals surface area contributed by atoms with Crippen LogP contribution in [0.4, 0.5) is 8.78 Å².